The van der Waals surface area contributed by atoms with Crippen molar-refractivity contribution in [3.05, 3.63) is 46.8 Å². The Balaban J connectivity index is 1.50. The second kappa shape index (κ2) is 6.39. The quantitative estimate of drug-likeness (QED) is 0.933. The van der Waals surface area contributed by atoms with E-state index in [9.17, 15) is 10.1 Å². The molecule has 122 valence electrons. The average molecular weight is 337 g/mol. The molecular formula is C19H19N3OS. The van der Waals surface area contributed by atoms with Gasteiger partial charge in [-0.05, 0) is 43.4 Å². The zero-order chi connectivity index (χ0) is 16.5. The molecule has 0 spiro atoms. The van der Waals surface area contributed by atoms with Gasteiger partial charge in [0, 0.05) is 23.5 Å². The predicted molar refractivity (Wildman–Crippen MR) is 94.6 cm³/mol. The van der Waals surface area contributed by atoms with E-state index in [-0.39, 0.29) is 12.1 Å². The van der Waals surface area contributed by atoms with Gasteiger partial charge in [-0.3, -0.25) is 9.69 Å². The van der Waals surface area contributed by atoms with Crippen molar-refractivity contribution >= 4 is 17.2 Å². The van der Waals surface area contributed by atoms with E-state index in [1.54, 1.807) is 6.07 Å². The van der Waals surface area contributed by atoms with E-state index in [0.29, 0.717) is 10.4 Å². The molecule has 3 saturated heterocycles. The highest BCUT2D eigenvalue weighted by atomic mass is 32.1. The van der Waals surface area contributed by atoms with E-state index in [2.05, 4.69) is 16.3 Å². The molecule has 1 N–H and O–H groups in total. The van der Waals surface area contributed by atoms with E-state index >= 15 is 0 Å². The molecule has 1 atom stereocenters. The summed E-state index contributed by atoms with van der Waals surface area (Å²) in [7, 11) is 0. The molecule has 4 nitrogen and oxygen atoms in total. The summed E-state index contributed by atoms with van der Waals surface area (Å²) >= 11 is 1.45. The van der Waals surface area contributed by atoms with Gasteiger partial charge in [-0.2, -0.15) is 5.26 Å². The summed E-state index contributed by atoms with van der Waals surface area (Å²) in [5.41, 5.74) is 1.53. The Morgan fingerprint density at radius 3 is 2.71 bits per heavy atom. The molecule has 3 aliphatic rings. The van der Waals surface area contributed by atoms with Gasteiger partial charge in [-0.15, -0.1) is 11.3 Å². The molecule has 5 rings (SSSR count). The van der Waals surface area contributed by atoms with Crippen molar-refractivity contribution in [1.82, 2.24) is 10.2 Å². The third kappa shape index (κ3) is 2.83. The zero-order valence-electron chi connectivity index (χ0n) is 13.4. The third-order valence-electron chi connectivity index (χ3n) is 5.09. The van der Waals surface area contributed by atoms with Crippen LogP contribution in [0.1, 0.15) is 34.5 Å². The number of fused-ring (bicyclic) bond motifs is 3. The predicted octanol–water partition coefficient (Wildman–Crippen LogP) is 3.46. The maximum atomic E-state index is 12.6. The lowest BCUT2D eigenvalue weighted by atomic mass is 9.86. The van der Waals surface area contributed by atoms with Crippen molar-refractivity contribution in [2.24, 2.45) is 5.92 Å². The van der Waals surface area contributed by atoms with E-state index in [1.165, 1.54) is 24.2 Å². The molecule has 2 bridgehead atoms. The lowest BCUT2D eigenvalue weighted by molar-refractivity contribution is 0.0296. The molecule has 0 aliphatic carbocycles. The minimum absolute atomic E-state index is 0.00163. The number of rotatable bonds is 3. The van der Waals surface area contributed by atoms with Gasteiger partial charge in [-0.1, -0.05) is 18.2 Å². The fourth-order valence-corrected chi connectivity index (χ4v) is 4.69. The first-order valence-electron chi connectivity index (χ1n) is 8.39. The Labute approximate surface area is 145 Å². The van der Waals surface area contributed by atoms with Gasteiger partial charge in [0.1, 0.15) is 0 Å². The first-order chi connectivity index (χ1) is 11.7. The molecule has 4 heterocycles. The van der Waals surface area contributed by atoms with Crippen molar-refractivity contribution < 1.29 is 4.79 Å². The highest BCUT2D eigenvalue weighted by Crippen LogP contribution is 2.32. The second-order valence-corrected chi connectivity index (χ2v) is 7.61. The van der Waals surface area contributed by atoms with Gasteiger partial charge in [0.15, 0.2) is 0 Å². The van der Waals surface area contributed by atoms with Crippen molar-refractivity contribution in [3.8, 4) is 16.5 Å². The molecule has 2 aromatic rings. The number of amides is 1. The number of hydrogen-bond acceptors (Lipinski definition) is 4. The van der Waals surface area contributed by atoms with Crippen molar-refractivity contribution in [2.75, 3.05) is 13.1 Å². The SMILES string of the molecule is N#Cc1ccccc1-c1ccc(C(=O)NC2CC3CCN2CC3)s1. The number of benzene rings is 1. The summed E-state index contributed by atoms with van der Waals surface area (Å²) in [6.45, 7) is 2.20. The minimum atomic E-state index is -0.00163. The number of carbonyl (C=O) groups is 1. The monoisotopic (exact) mass is 337 g/mol. The molecule has 3 fully saturated rings. The molecule has 5 heteroatoms. The van der Waals surface area contributed by atoms with Crippen LogP contribution in [0.15, 0.2) is 36.4 Å². The number of hydrogen-bond donors (Lipinski definition) is 1. The number of nitriles is 1. The summed E-state index contributed by atoms with van der Waals surface area (Å²) in [6.07, 6.45) is 3.78. The maximum absolute atomic E-state index is 12.6. The molecule has 0 saturated carbocycles. The van der Waals surface area contributed by atoms with Crippen LogP contribution in [0, 0.1) is 17.2 Å². The van der Waals surface area contributed by atoms with Gasteiger partial charge >= 0.3 is 0 Å². The topological polar surface area (TPSA) is 56.1 Å². The van der Waals surface area contributed by atoms with Crippen molar-refractivity contribution in [3.63, 3.8) is 0 Å². The van der Waals surface area contributed by atoms with E-state index in [0.717, 1.165) is 35.9 Å². The highest BCUT2D eigenvalue weighted by molar-refractivity contribution is 7.17. The molecular weight excluding hydrogens is 318 g/mol. The van der Waals surface area contributed by atoms with Crippen LogP contribution in [0.5, 0.6) is 0 Å². The zero-order valence-corrected chi connectivity index (χ0v) is 14.2. The van der Waals surface area contributed by atoms with Crippen LogP contribution in [0.25, 0.3) is 10.4 Å². The van der Waals surface area contributed by atoms with Crippen LogP contribution < -0.4 is 5.32 Å². The van der Waals surface area contributed by atoms with E-state index in [4.69, 9.17) is 0 Å². The van der Waals surface area contributed by atoms with E-state index < -0.39 is 0 Å². The lowest BCUT2D eigenvalue weighted by Crippen LogP contribution is -2.56. The van der Waals surface area contributed by atoms with Gasteiger partial charge in [0.25, 0.3) is 5.91 Å². The van der Waals surface area contributed by atoms with E-state index in [1.807, 2.05) is 30.3 Å². The van der Waals surface area contributed by atoms with Crippen LogP contribution in [0.4, 0.5) is 0 Å². The van der Waals surface area contributed by atoms with Gasteiger partial charge in [-0.25, -0.2) is 0 Å². The summed E-state index contributed by atoms with van der Waals surface area (Å²) in [5.74, 6) is 0.764. The Morgan fingerprint density at radius 2 is 2.00 bits per heavy atom. The van der Waals surface area contributed by atoms with Crippen molar-refractivity contribution in [1.29, 1.82) is 5.26 Å². The van der Waals surface area contributed by atoms with Crippen LogP contribution >= 0.6 is 11.3 Å². The standard InChI is InChI=1S/C19H19N3OS/c20-12-14-3-1-2-4-15(14)16-5-6-17(24-16)19(23)21-18-11-13-7-9-22(18)10-8-13/h1-6,13,18H,7-11H2,(H,21,23). The summed E-state index contributed by atoms with van der Waals surface area (Å²) < 4.78 is 0. The van der Waals surface area contributed by atoms with Crippen molar-refractivity contribution in [2.45, 2.75) is 25.4 Å². The summed E-state index contributed by atoms with van der Waals surface area (Å²) in [5, 5.41) is 12.4. The van der Waals surface area contributed by atoms with Gasteiger partial charge < -0.3 is 5.32 Å². The number of nitrogens with one attached hydrogen (secondary N) is 1. The first-order valence-corrected chi connectivity index (χ1v) is 9.20. The highest BCUT2D eigenvalue weighted by Gasteiger charge is 2.34. The largest absolute Gasteiger partial charge is 0.336 e. The van der Waals surface area contributed by atoms with Crippen LogP contribution in [-0.4, -0.2) is 30.1 Å². The lowest BCUT2D eigenvalue weighted by Gasteiger charge is -2.45. The Bertz CT molecular complexity index is 799. The van der Waals surface area contributed by atoms with Gasteiger partial charge in [0.2, 0.25) is 0 Å². The second-order valence-electron chi connectivity index (χ2n) is 6.53. The number of carbonyl (C=O) groups excluding carboxylic acids is 1. The fraction of sp³-hybridized carbons (Fsp3) is 0.368. The van der Waals surface area contributed by atoms with Crippen LogP contribution in [0.3, 0.4) is 0 Å². The summed E-state index contributed by atoms with van der Waals surface area (Å²) in [6, 6.07) is 13.5. The Morgan fingerprint density at radius 1 is 1.21 bits per heavy atom. The Hall–Kier alpha value is -2.16. The normalized spacial score (nSPS) is 25.2. The maximum Gasteiger partial charge on any atom is 0.262 e. The minimum Gasteiger partial charge on any atom is -0.336 e. The van der Waals surface area contributed by atoms with Gasteiger partial charge in [0.05, 0.1) is 22.7 Å². The smallest absolute Gasteiger partial charge is 0.262 e. The number of piperidine rings is 3. The van der Waals surface area contributed by atoms with Crippen LogP contribution in [-0.2, 0) is 0 Å². The fourth-order valence-electron chi connectivity index (χ4n) is 3.74. The molecule has 1 aromatic carbocycles. The number of nitrogens with zero attached hydrogens (tertiary/aromatic N) is 2. The molecule has 1 amide bonds. The molecule has 24 heavy (non-hydrogen) atoms. The molecule has 3 aliphatic heterocycles. The van der Waals surface area contributed by atoms with Crippen LogP contribution in [0.2, 0.25) is 0 Å². The Kier molecular flexibility index (Phi) is 4.09. The molecule has 1 aromatic heterocycles. The molecule has 1 unspecified atom stereocenters. The first kappa shape index (κ1) is 15.4. The third-order valence-corrected chi connectivity index (χ3v) is 6.20. The summed E-state index contributed by atoms with van der Waals surface area (Å²) in [4.78, 5) is 16.7. The molecule has 0 radical (unpaired) electrons. The number of thiophene rings is 1. The average Bonchev–Trinajstić information content (AvgIpc) is 3.13.